The molecular weight excluding hydrogens is 456 g/mol. The lowest BCUT2D eigenvalue weighted by atomic mass is 10.3. The number of hydrogen-bond donors (Lipinski definition) is 2. The Labute approximate surface area is 176 Å². The van der Waals surface area contributed by atoms with Crippen LogP contribution < -0.4 is 9.44 Å². The monoisotopic (exact) mass is 468 g/mol. The van der Waals surface area contributed by atoms with Crippen molar-refractivity contribution in [2.45, 2.75) is 9.30 Å². The lowest BCUT2D eigenvalue weighted by molar-refractivity contribution is 0.484. The minimum Gasteiger partial charge on any atom is -0.443 e. The van der Waals surface area contributed by atoms with Crippen molar-refractivity contribution >= 4 is 65.3 Å². The summed E-state index contributed by atoms with van der Waals surface area (Å²) >= 11 is 7.02. The first-order valence-corrected chi connectivity index (χ1v) is 12.3. The van der Waals surface area contributed by atoms with Crippen LogP contribution in [0.5, 0.6) is 0 Å². The van der Waals surface area contributed by atoms with Crippen LogP contribution in [0.1, 0.15) is 0 Å². The van der Waals surface area contributed by atoms with Gasteiger partial charge in [-0.2, -0.15) is 8.42 Å². The molecule has 11 heteroatoms. The number of fused-ring (bicyclic) bond motifs is 1. The van der Waals surface area contributed by atoms with E-state index in [1.807, 2.05) is 0 Å². The third kappa shape index (κ3) is 4.10. The molecule has 0 aliphatic rings. The van der Waals surface area contributed by atoms with Crippen LogP contribution >= 0.6 is 22.9 Å². The summed E-state index contributed by atoms with van der Waals surface area (Å²) in [6, 6.07) is 15.4. The van der Waals surface area contributed by atoms with Crippen LogP contribution in [-0.2, 0) is 20.0 Å². The van der Waals surface area contributed by atoms with Gasteiger partial charge in [0.15, 0.2) is 0 Å². The van der Waals surface area contributed by atoms with Crippen LogP contribution in [0.25, 0.3) is 11.0 Å². The Morgan fingerprint density at radius 3 is 2.31 bits per heavy atom. The number of furan rings is 1. The molecule has 0 fully saturated rings. The Kier molecular flexibility index (Phi) is 5.03. The topological polar surface area (TPSA) is 105 Å². The average Bonchev–Trinajstić information content (AvgIpc) is 3.33. The van der Waals surface area contributed by atoms with Crippen molar-refractivity contribution < 1.29 is 21.3 Å². The summed E-state index contributed by atoms with van der Waals surface area (Å²) in [5, 5.41) is 2.20. The molecule has 2 N–H and O–H groups in total. The van der Waals surface area contributed by atoms with E-state index in [-0.39, 0.29) is 25.7 Å². The first-order valence-electron chi connectivity index (χ1n) is 8.12. The highest BCUT2D eigenvalue weighted by molar-refractivity contribution is 7.94. The average molecular weight is 469 g/mol. The maximum atomic E-state index is 12.8. The Bertz CT molecular complexity index is 1360. The van der Waals surface area contributed by atoms with Crippen LogP contribution in [0.4, 0.5) is 11.4 Å². The van der Waals surface area contributed by atoms with Gasteiger partial charge in [-0.05, 0) is 35.7 Å². The molecule has 0 bridgehead atoms. The number of benzene rings is 2. The predicted octanol–water partition coefficient (Wildman–Crippen LogP) is 4.75. The fraction of sp³-hybridized carbons (Fsp3) is 0. The molecular formula is C18H13ClN2O5S3. The zero-order chi connectivity index (χ0) is 20.6. The first-order chi connectivity index (χ1) is 13.7. The van der Waals surface area contributed by atoms with Crippen molar-refractivity contribution in [3.63, 3.8) is 0 Å². The smallest absolute Gasteiger partial charge is 0.295 e. The molecule has 0 radical (unpaired) electrons. The summed E-state index contributed by atoms with van der Waals surface area (Å²) in [6.45, 7) is 0. The number of thiophene rings is 1. The molecule has 150 valence electrons. The minimum atomic E-state index is -4.11. The van der Waals surface area contributed by atoms with Crippen LogP contribution in [0, 0.1) is 0 Å². The van der Waals surface area contributed by atoms with Crippen molar-refractivity contribution in [3.8, 4) is 0 Å². The molecule has 0 aliphatic heterocycles. The number of para-hydroxylation sites is 1. The van der Waals surface area contributed by atoms with Gasteiger partial charge < -0.3 is 4.42 Å². The number of halogens is 1. The molecule has 4 rings (SSSR count). The Morgan fingerprint density at radius 1 is 0.828 bits per heavy atom. The molecule has 4 aromatic rings. The predicted molar refractivity (Wildman–Crippen MR) is 114 cm³/mol. The molecule has 7 nitrogen and oxygen atoms in total. The van der Waals surface area contributed by atoms with Crippen LogP contribution in [0.3, 0.4) is 0 Å². The first kappa shape index (κ1) is 19.8. The standard InChI is InChI=1S/C18H13ClN2O5S3/c19-13-7-8-14(15(11-13)21-29(24,25)18-6-3-9-27-18)20-28(22,23)17-10-12-4-1-2-5-16(12)26-17/h1-11,20-21H. The molecule has 2 aromatic carbocycles. The van der Waals surface area contributed by atoms with Gasteiger partial charge in [0.1, 0.15) is 9.79 Å². The highest BCUT2D eigenvalue weighted by Crippen LogP contribution is 2.32. The van der Waals surface area contributed by atoms with Gasteiger partial charge in [0, 0.05) is 16.5 Å². The molecule has 2 heterocycles. The molecule has 0 atom stereocenters. The van der Waals surface area contributed by atoms with E-state index in [9.17, 15) is 16.8 Å². The highest BCUT2D eigenvalue weighted by atomic mass is 35.5. The molecule has 2 aromatic heterocycles. The van der Waals surface area contributed by atoms with Gasteiger partial charge in [0.2, 0.25) is 5.09 Å². The fourth-order valence-electron chi connectivity index (χ4n) is 2.59. The van der Waals surface area contributed by atoms with E-state index >= 15 is 0 Å². The van der Waals surface area contributed by atoms with Crippen molar-refractivity contribution in [3.05, 3.63) is 71.1 Å². The van der Waals surface area contributed by atoms with E-state index in [0.717, 1.165) is 11.3 Å². The van der Waals surface area contributed by atoms with Crippen LogP contribution in [-0.4, -0.2) is 16.8 Å². The molecule has 0 saturated carbocycles. The zero-order valence-corrected chi connectivity index (χ0v) is 17.7. The molecule has 29 heavy (non-hydrogen) atoms. The number of sulfonamides is 2. The van der Waals surface area contributed by atoms with Gasteiger partial charge in [-0.25, -0.2) is 8.42 Å². The van der Waals surface area contributed by atoms with Gasteiger partial charge >= 0.3 is 0 Å². The quantitative estimate of drug-likeness (QED) is 0.424. The number of hydrogen-bond acceptors (Lipinski definition) is 6. The van der Waals surface area contributed by atoms with Crippen molar-refractivity contribution in [2.75, 3.05) is 9.44 Å². The number of anilines is 2. The van der Waals surface area contributed by atoms with Crippen LogP contribution in [0.2, 0.25) is 5.02 Å². The third-order valence-corrected chi connectivity index (χ3v) is 8.12. The minimum absolute atomic E-state index is 0.00872. The molecule has 0 amide bonds. The molecule has 0 saturated heterocycles. The number of nitrogens with one attached hydrogen (secondary N) is 2. The Balaban J connectivity index is 1.70. The number of rotatable bonds is 6. The van der Waals surface area contributed by atoms with Gasteiger partial charge in [0.25, 0.3) is 20.0 Å². The second-order valence-electron chi connectivity index (χ2n) is 5.94. The van der Waals surface area contributed by atoms with E-state index in [0.29, 0.717) is 11.0 Å². The van der Waals surface area contributed by atoms with E-state index in [2.05, 4.69) is 9.44 Å². The SMILES string of the molecule is O=S(=O)(Nc1ccc(Cl)cc1NS(=O)(=O)c1cccs1)c1cc2ccccc2o1. The van der Waals surface area contributed by atoms with Crippen molar-refractivity contribution in [2.24, 2.45) is 0 Å². The van der Waals surface area contributed by atoms with Gasteiger partial charge in [-0.15, -0.1) is 11.3 Å². The largest absolute Gasteiger partial charge is 0.443 e. The molecule has 0 spiro atoms. The van der Waals surface area contributed by atoms with Crippen molar-refractivity contribution in [1.82, 2.24) is 0 Å². The van der Waals surface area contributed by atoms with Gasteiger partial charge in [-0.3, -0.25) is 9.44 Å². The maximum Gasteiger partial charge on any atom is 0.295 e. The van der Waals surface area contributed by atoms with Gasteiger partial charge in [-0.1, -0.05) is 35.9 Å². The lowest BCUT2D eigenvalue weighted by Crippen LogP contribution is -2.16. The Morgan fingerprint density at radius 2 is 1.59 bits per heavy atom. The highest BCUT2D eigenvalue weighted by Gasteiger charge is 2.23. The van der Waals surface area contributed by atoms with E-state index in [1.165, 1.54) is 30.3 Å². The summed E-state index contributed by atoms with van der Waals surface area (Å²) in [5.41, 5.74) is 0.420. The second kappa shape index (κ2) is 7.38. The maximum absolute atomic E-state index is 12.8. The molecule has 0 unspecified atom stereocenters. The van der Waals surface area contributed by atoms with Gasteiger partial charge in [0.05, 0.1) is 11.4 Å². The second-order valence-corrected chi connectivity index (χ2v) is 10.8. The summed E-state index contributed by atoms with van der Waals surface area (Å²) < 4.78 is 60.9. The zero-order valence-electron chi connectivity index (χ0n) is 14.5. The van der Waals surface area contributed by atoms with E-state index in [1.54, 1.807) is 35.7 Å². The van der Waals surface area contributed by atoms with Crippen LogP contribution in [0.15, 0.2) is 79.8 Å². The Hall–Kier alpha value is -2.53. The summed E-state index contributed by atoms with van der Waals surface area (Å²) in [6.07, 6.45) is 0. The van der Waals surface area contributed by atoms with E-state index in [4.69, 9.17) is 16.0 Å². The lowest BCUT2D eigenvalue weighted by Gasteiger charge is -2.13. The normalized spacial score (nSPS) is 12.2. The summed E-state index contributed by atoms with van der Waals surface area (Å²) in [5.74, 6) is 0. The third-order valence-electron chi connectivity index (χ3n) is 3.90. The summed E-state index contributed by atoms with van der Waals surface area (Å²) in [4.78, 5) is 0. The summed E-state index contributed by atoms with van der Waals surface area (Å²) in [7, 11) is -8.01. The molecule has 0 aliphatic carbocycles. The van der Waals surface area contributed by atoms with E-state index < -0.39 is 20.0 Å². The fourth-order valence-corrected chi connectivity index (χ4v) is 5.87. The van der Waals surface area contributed by atoms with Crippen molar-refractivity contribution in [1.29, 1.82) is 0 Å².